The van der Waals surface area contributed by atoms with Gasteiger partial charge in [-0.3, -0.25) is 4.18 Å². The largest absolute Gasteiger partial charge is 0.392 e. The van der Waals surface area contributed by atoms with Gasteiger partial charge in [-0.2, -0.15) is 8.42 Å². The fraction of sp³-hybridized carbons (Fsp3) is 0.200. The van der Waals surface area contributed by atoms with Crippen LogP contribution in [0.4, 0.5) is 0 Å². The summed E-state index contributed by atoms with van der Waals surface area (Å²) < 4.78 is 29.1. The highest BCUT2D eigenvalue weighted by molar-refractivity contribution is 7.86. The van der Waals surface area contributed by atoms with Gasteiger partial charge in [0.1, 0.15) is 0 Å². The molecule has 0 saturated heterocycles. The fourth-order valence-electron chi connectivity index (χ4n) is 1.77. The van der Waals surface area contributed by atoms with Crippen LogP contribution in [0, 0.1) is 6.92 Å². The Morgan fingerprint density at radius 2 is 1.60 bits per heavy atom. The molecule has 0 bridgehead atoms. The molecule has 106 valence electrons. The molecular formula is C15H16O4S. The predicted molar refractivity (Wildman–Crippen MR) is 75.5 cm³/mol. The molecule has 4 nitrogen and oxygen atoms in total. The lowest BCUT2D eigenvalue weighted by atomic mass is 10.1. The highest BCUT2D eigenvalue weighted by Gasteiger charge is 2.15. The maximum absolute atomic E-state index is 12.0. The molecule has 0 aliphatic heterocycles. The molecule has 0 unspecified atom stereocenters. The van der Waals surface area contributed by atoms with E-state index in [1.165, 1.54) is 12.1 Å². The molecule has 2 aromatic carbocycles. The minimum Gasteiger partial charge on any atom is -0.392 e. The Bertz CT molecular complexity index is 675. The standard InChI is InChI=1S/C15H16O4S/c1-12-6-8-15(9-7-12)20(17,18)19-11-14-5-3-2-4-13(14)10-16/h2-9,16H,10-11H2,1H3. The Balaban J connectivity index is 2.15. The molecule has 0 atom stereocenters. The van der Waals surface area contributed by atoms with Crippen molar-refractivity contribution in [3.63, 3.8) is 0 Å². The van der Waals surface area contributed by atoms with Gasteiger partial charge in [-0.25, -0.2) is 0 Å². The average Bonchev–Trinajstić information content (AvgIpc) is 2.46. The molecule has 0 aromatic heterocycles. The highest BCUT2D eigenvalue weighted by Crippen LogP contribution is 2.17. The van der Waals surface area contributed by atoms with E-state index < -0.39 is 10.1 Å². The summed E-state index contributed by atoms with van der Waals surface area (Å²) in [6.45, 7) is 1.64. The number of aliphatic hydroxyl groups excluding tert-OH is 1. The van der Waals surface area contributed by atoms with Crippen molar-refractivity contribution in [2.45, 2.75) is 25.0 Å². The summed E-state index contributed by atoms with van der Waals surface area (Å²) in [6.07, 6.45) is 0. The maximum atomic E-state index is 12.0. The van der Waals surface area contributed by atoms with E-state index in [-0.39, 0.29) is 18.1 Å². The fourth-order valence-corrected chi connectivity index (χ4v) is 2.65. The third-order valence-electron chi connectivity index (χ3n) is 2.97. The summed E-state index contributed by atoms with van der Waals surface area (Å²) in [5, 5.41) is 9.19. The monoisotopic (exact) mass is 292 g/mol. The van der Waals surface area contributed by atoms with Gasteiger partial charge in [-0.05, 0) is 30.2 Å². The SMILES string of the molecule is Cc1ccc(S(=O)(=O)OCc2ccccc2CO)cc1. The molecule has 0 heterocycles. The van der Waals surface area contributed by atoms with Crippen LogP contribution in [0.15, 0.2) is 53.4 Å². The minimum absolute atomic E-state index is 0.0903. The van der Waals surface area contributed by atoms with E-state index in [9.17, 15) is 13.5 Å². The van der Waals surface area contributed by atoms with Crippen molar-refractivity contribution in [3.05, 3.63) is 65.2 Å². The second-order valence-electron chi connectivity index (χ2n) is 4.46. The second-order valence-corrected chi connectivity index (χ2v) is 6.07. The van der Waals surface area contributed by atoms with Gasteiger partial charge in [0, 0.05) is 0 Å². The van der Waals surface area contributed by atoms with Gasteiger partial charge >= 0.3 is 0 Å². The topological polar surface area (TPSA) is 63.6 Å². The quantitative estimate of drug-likeness (QED) is 0.859. The first kappa shape index (κ1) is 14.7. The first-order chi connectivity index (χ1) is 9.53. The number of hydrogen-bond donors (Lipinski definition) is 1. The van der Waals surface area contributed by atoms with Crippen molar-refractivity contribution in [1.29, 1.82) is 0 Å². The Morgan fingerprint density at radius 1 is 1.00 bits per heavy atom. The first-order valence-electron chi connectivity index (χ1n) is 6.16. The smallest absolute Gasteiger partial charge is 0.297 e. The summed E-state index contributed by atoms with van der Waals surface area (Å²) in [4.78, 5) is 0.129. The Kier molecular flexibility index (Phi) is 4.54. The van der Waals surface area contributed by atoms with Gasteiger partial charge in [0.15, 0.2) is 0 Å². The third kappa shape index (κ3) is 3.45. The van der Waals surface area contributed by atoms with Crippen LogP contribution < -0.4 is 0 Å². The van der Waals surface area contributed by atoms with E-state index in [1.807, 2.05) is 6.92 Å². The van der Waals surface area contributed by atoms with E-state index >= 15 is 0 Å². The number of benzene rings is 2. The number of hydrogen-bond acceptors (Lipinski definition) is 4. The van der Waals surface area contributed by atoms with Crippen molar-refractivity contribution in [2.24, 2.45) is 0 Å². The van der Waals surface area contributed by atoms with Crippen molar-refractivity contribution >= 4 is 10.1 Å². The number of aryl methyl sites for hydroxylation is 1. The van der Waals surface area contributed by atoms with E-state index in [0.717, 1.165) is 5.56 Å². The lowest BCUT2D eigenvalue weighted by molar-refractivity contribution is 0.270. The van der Waals surface area contributed by atoms with Crippen molar-refractivity contribution < 1.29 is 17.7 Å². The molecular weight excluding hydrogens is 276 g/mol. The number of rotatable bonds is 5. The minimum atomic E-state index is -3.78. The Labute approximate surface area is 118 Å². The van der Waals surface area contributed by atoms with Crippen LogP contribution in [-0.2, 0) is 27.5 Å². The zero-order valence-corrected chi connectivity index (χ0v) is 11.9. The normalized spacial score (nSPS) is 11.5. The van der Waals surface area contributed by atoms with Gasteiger partial charge in [0.2, 0.25) is 0 Å². The zero-order chi connectivity index (χ0) is 14.6. The zero-order valence-electron chi connectivity index (χ0n) is 11.1. The van der Waals surface area contributed by atoms with E-state index in [2.05, 4.69) is 0 Å². The molecule has 20 heavy (non-hydrogen) atoms. The highest BCUT2D eigenvalue weighted by atomic mass is 32.2. The average molecular weight is 292 g/mol. The van der Waals surface area contributed by atoms with Crippen molar-refractivity contribution in [1.82, 2.24) is 0 Å². The molecule has 0 aliphatic rings. The van der Waals surface area contributed by atoms with Crippen molar-refractivity contribution in [3.8, 4) is 0 Å². The molecule has 5 heteroatoms. The van der Waals surface area contributed by atoms with Gasteiger partial charge in [-0.15, -0.1) is 0 Å². The number of aliphatic hydroxyl groups is 1. The Hall–Kier alpha value is -1.69. The van der Waals surface area contributed by atoms with Crippen LogP contribution in [0.25, 0.3) is 0 Å². The molecule has 0 amide bonds. The molecule has 0 saturated carbocycles. The van der Waals surface area contributed by atoms with Gasteiger partial charge < -0.3 is 5.11 Å². The lowest BCUT2D eigenvalue weighted by Crippen LogP contribution is -2.07. The van der Waals surface area contributed by atoms with Gasteiger partial charge in [0.25, 0.3) is 10.1 Å². The molecule has 2 aromatic rings. The van der Waals surface area contributed by atoms with E-state index in [4.69, 9.17) is 4.18 Å². The van der Waals surface area contributed by atoms with Crippen molar-refractivity contribution in [2.75, 3.05) is 0 Å². The Morgan fingerprint density at radius 3 is 2.20 bits per heavy atom. The van der Waals surface area contributed by atoms with Crippen LogP contribution in [0.2, 0.25) is 0 Å². The van der Waals surface area contributed by atoms with Crippen LogP contribution in [-0.4, -0.2) is 13.5 Å². The van der Waals surface area contributed by atoms with Gasteiger partial charge in [-0.1, -0.05) is 42.0 Å². The third-order valence-corrected chi connectivity index (χ3v) is 4.25. The van der Waals surface area contributed by atoms with Gasteiger partial charge in [0.05, 0.1) is 18.1 Å². The molecule has 0 aliphatic carbocycles. The summed E-state index contributed by atoms with van der Waals surface area (Å²) in [7, 11) is -3.78. The lowest BCUT2D eigenvalue weighted by Gasteiger charge is -2.09. The predicted octanol–water partition coefficient (Wildman–Crippen LogP) is 2.39. The molecule has 0 fully saturated rings. The van der Waals surface area contributed by atoms with Crippen LogP contribution in [0.3, 0.4) is 0 Å². The summed E-state index contributed by atoms with van der Waals surface area (Å²) >= 11 is 0. The summed E-state index contributed by atoms with van der Waals surface area (Å²) in [5.41, 5.74) is 2.30. The van der Waals surface area contributed by atoms with Crippen LogP contribution in [0.1, 0.15) is 16.7 Å². The van der Waals surface area contributed by atoms with Crippen LogP contribution in [0.5, 0.6) is 0 Å². The summed E-state index contributed by atoms with van der Waals surface area (Å²) in [6, 6.07) is 13.5. The van der Waals surface area contributed by atoms with E-state index in [1.54, 1.807) is 36.4 Å². The maximum Gasteiger partial charge on any atom is 0.297 e. The molecule has 2 rings (SSSR count). The van der Waals surface area contributed by atoms with Crippen LogP contribution >= 0.6 is 0 Å². The molecule has 0 radical (unpaired) electrons. The van der Waals surface area contributed by atoms with E-state index in [0.29, 0.717) is 11.1 Å². The summed E-state index contributed by atoms with van der Waals surface area (Å²) in [5.74, 6) is 0. The second kappa shape index (κ2) is 6.17. The molecule has 0 spiro atoms. The first-order valence-corrected chi connectivity index (χ1v) is 7.57. The molecule has 1 N–H and O–H groups in total.